The molecule has 7 nitrogen and oxygen atoms in total. The maximum absolute atomic E-state index is 11.7. The summed E-state index contributed by atoms with van der Waals surface area (Å²) in [5.74, 6) is 1.46. The summed E-state index contributed by atoms with van der Waals surface area (Å²) in [6, 6.07) is 5.35. The average molecular weight is 345 g/mol. The van der Waals surface area contributed by atoms with E-state index in [9.17, 15) is 4.79 Å². The third-order valence-corrected chi connectivity index (χ3v) is 4.26. The van der Waals surface area contributed by atoms with Gasteiger partial charge < -0.3 is 13.6 Å². The molecule has 124 valence electrons. The number of aromatic nitrogens is 3. The van der Waals surface area contributed by atoms with Crippen molar-refractivity contribution in [2.24, 2.45) is 0 Å². The summed E-state index contributed by atoms with van der Waals surface area (Å²) >= 11 is 1.44. The van der Waals surface area contributed by atoms with Gasteiger partial charge in [0.1, 0.15) is 0 Å². The third-order valence-electron chi connectivity index (χ3n) is 3.24. The summed E-state index contributed by atoms with van der Waals surface area (Å²) in [5.41, 5.74) is 0.736. The summed E-state index contributed by atoms with van der Waals surface area (Å²) < 4.78 is 17.2. The van der Waals surface area contributed by atoms with E-state index in [1.54, 1.807) is 24.5 Å². The lowest BCUT2D eigenvalue weighted by Crippen LogP contribution is -2.03. The van der Waals surface area contributed by atoms with Gasteiger partial charge in [-0.2, -0.15) is 0 Å². The van der Waals surface area contributed by atoms with Crippen molar-refractivity contribution < 1.29 is 18.4 Å². The van der Waals surface area contributed by atoms with Crippen molar-refractivity contribution in [3.63, 3.8) is 0 Å². The Morgan fingerprint density at radius 3 is 2.96 bits per heavy atom. The van der Waals surface area contributed by atoms with Crippen LogP contribution in [0.4, 0.5) is 0 Å². The zero-order valence-electron chi connectivity index (χ0n) is 13.0. The predicted molar refractivity (Wildman–Crippen MR) is 87.5 cm³/mol. The van der Waals surface area contributed by atoms with Gasteiger partial charge in [-0.3, -0.25) is 4.57 Å². The molecule has 3 heterocycles. The van der Waals surface area contributed by atoms with Crippen molar-refractivity contribution in [2.45, 2.75) is 17.5 Å². The van der Waals surface area contributed by atoms with Crippen LogP contribution in [0.3, 0.4) is 0 Å². The first-order chi connectivity index (χ1) is 11.7. The second-order valence-corrected chi connectivity index (χ2v) is 5.68. The van der Waals surface area contributed by atoms with E-state index in [4.69, 9.17) is 13.6 Å². The van der Waals surface area contributed by atoms with Gasteiger partial charge in [-0.1, -0.05) is 17.8 Å². The molecule has 3 aromatic heterocycles. The van der Waals surface area contributed by atoms with Gasteiger partial charge in [0.15, 0.2) is 10.9 Å². The van der Waals surface area contributed by atoms with E-state index in [1.165, 1.54) is 25.1 Å². The highest BCUT2D eigenvalue weighted by Crippen LogP contribution is 2.28. The minimum atomic E-state index is -0.501. The second-order valence-electron chi connectivity index (χ2n) is 4.74. The minimum Gasteiger partial charge on any atom is -0.463 e. The summed E-state index contributed by atoms with van der Waals surface area (Å²) in [6.07, 6.45) is 4.81. The van der Waals surface area contributed by atoms with Gasteiger partial charge in [0, 0.05) is 17.9 Å². The van der Waals surface area contributed by atoms with Crippen LogP contribution >= 0.6 is 11.8 Å². The van der Waals surface area contributed by atoms with E-state index in [1.807, 2.05) is 10.6 Å². The van der Waals surface area contributed by atoms with E-state index < -0.39 is 5.97 Å². The third kappa shape index (κ3) is 3.13. The molecule has 0 spiro atoms. The molecular formula is C16H15N3O4S. The van der Waals surface area contributed by atoms with Crippen LogP contribution in [0.5, 0.6) is 0 Å². The Bertz CT molecular complexity index is 836. The number of furan rings is 2. The standard InChI is InChI=1S/C16H15N3O4S/c1-3-7-19-14(12-5-4-8-22-12)17-18-16(19)24-10-11-6-9-23-13(11)15(20)21-2/h3-6,8-9H,1,7,10H2,2H3. The maximum Gasteiger partial charge on any atom is 0.374 e. The van der Waals surface area contributed by atoms with Crippen LogP contribution < -0.4 is 0 Å². The number of allylic oxidation sites excluding steroid dienone is 1. The number of ether oxygens (including phenoxy) is 1. The second kappa shape index (κ2) is 7.22. The fraction of sp³-hybridized carbons (Fsp3) is 0.188. The number of carbonyl (C=O) groups is 1. The molecule has 0 atom stereocenters. The van der Waals surface area contributed by atoms with Crippen LogP contribution in [0.25, 0.3) is 11.6 Å². The maximum atomic E-state index is 11.7. The summed E-state index contributed by atoms with van der Waals surface area (Å²) in [5, 5.41) is 9.09. The first-order valence-electron chi connectivity index (χ1n) is 7.10. The van der Waals surface area contributed by atoms with E-state index >= 15 is 0 Å². The molecule has 0 amide bonds. The fourth-order valence-electron chi connectivity index (χ4n) is 2.14. The Morgan fingerprint density at radius 1 is 1.38 bits per heavy atom. The molecule has 0 fully saturated rings. The van der Waals surface area contributed by atoms with E-state index in [-0.39, 0.29) is 5.76 Å². The first kappa shape index (κ1) is 16.1. The van der Waals surface area contributed by atoms with Crippen LogP contribution in [-0.4, -0.2) is 27.8 Å². The van der Waals surface area contributed by atoms with Crippen molar-refractivity contribution in [1.82, 2.24) is 14.8 Å². The summed E-state index contributed by atoms with van der Waals surface area (Å²) in [6.45, 7) is 4.31. The lowest BCUT2D eigenvalue weighted by Gasteiger charge is -2.06. The lowest BCUT2D eigenvalue weighted by atomic mass is 10.3. The topological polar surface area (TPSA) is 83.3 Å². The normalized spacial score (nSPS) is 10.7. The molecule has 3 rings (SSSR count). The highest BCUT2D eigenvalue weighted by atomic mass is 32.2. The van der Waals surface area contributed by atoms with Gasteiger partial charge >= 0.3 is 5.97 Å². The highest BCUT2D eigenvalue weighted by molar-refractivity contribution is 7.98. The highest BCUT2D eigenvalue weighted by Gasteiger charge is 2.19. The van der Waals surface area contributed by atoms with Crippen molar-refractivity contribution in [2.75, 3.05) is 7.11 Å². The van der Waals surface area contributed by atoms with Crippen LogP contribution in [-0.2, 0) is 17.0 Å². The molecule has 0 N–H and O–H groups in total. The Morgan fingerprint density at radius 2 is 2.25 bits per heavy atom. The predicted octanol–water partition coefficient (Wildman–Crippen LogP) is 3.40. The molecule has 0 saturated carbocycles. The number of rotatable bonds is 7. The van der Waals surface area contributed by atoms with Gasteiger partial charge in [0.2, 0.25) is 11.6 Å². The zero-order chi connectivity index (χ0) is 16.9. The summed E-state index contributed by atoms with van der Waals surface area (Å²) in [7, 11) is 1.32. The number of carbonyl (C=O) groups excluding carboxylic acids is 1. The molecule has 0 aliphatic rings. The van der Waals surface area contributed by atoms with E-state index in [0.717, 1.165) is 5.56 Å². The number of hydrogen-bond acceptors (Lipinski definition) is 7. The lowest BCUT2D eigenvalue weighted by molar-refractivity contribution is 0.0564. The number of thioether (sulfide) groups is 1. The number of nitrogens with zero attached hydrogens (tertiary/aromatic N) is 3. The molecule has 8 heteroatoms. The molecule has 3 aromatic rings. The van der Waals surface area contributed by atoms with Crippen molar-refractivity contribution in [1.29, 1.82) is 0 Å². The molecule has 0 saturated heterocycles. The van der Waals surface area contributed by atoms with Crippen molar-refractivity contribution >= 4 is 17.7 Å². The first-order valence-corrected chi connectivity index (χ1v) is 8.08. The van der Waals surface area contributed by atoms with Crippen LogP contribution in [0.1, 0.15) is 16.1 Å². The molecule has 0 aromatic carbocycles. The average Bonchev–Trinajstić information content (AvgIpc) is 3.33. The van der Waals surface area contributed by atoms with Crippen molar-refractivity contribution in [3.05, 3.63) is 54.7 Å². The SMILES string of the molecule is C=CCn1c(SCc2ccoc2C(=O)OC)nnc1-c1ccco1. The zero-order valence-corrected chi connectivity index (χ0v) is 13.8. The van der Waals surface area contributed by atoms with E-state index in [0.29, 0.717) is 29.0 Å². The molecule has 0 unspecified atom stereocenters. The van der Waals surface area contributed by atoms with Gasteiger partial charge in [0.25, 0.3) is 0 Å². The Labute approximate surface area is 142 Å². The quantitative estimate of drug-likeness (QED) is 0.369. The number of methoxy groups -OCH3 is 1. The largest absolute Gasteiger partial charge is 0.463 e. The molecule has 0 aliphatic heterocycles. The minimum absolute atomic E-state index is 0.200. The van der Waals surface area contributed by atoms with Gasteiger partial charge in [-0.05, 0) is 18.2 Å². The van der Waals surface area contributed by atoms with Gasteiger partial charge in [-0.25, -0.2) is 4.79 Å². The molecule has 0 aliphatic carbocycles. The Balaban J connectivity index is 1.82. The summed E-state index contributed by atoms with van der Waals surface area (Å²) in [4.78, 5) is 11.7. The molecule has 0 bridgehead atoms. The van der Waals surface area contributed by atoms with Crippen molar-refractivity contribution in [3.8, 4) is 11.6 Å². The van der Waals surface area contributed by atoms with Gasteiger partial charge in [0.05, 0.1) is 19.6 Å². The number of hydrogen-bond donors (Lipinski definition) is 0. The monoisotopic (exact) mass is 345 g/mol. The van der Waals surface area contributed by atoms with Crippen LogP contribution in [0.15, 0.2) is 57.4 Å². The smallest absolute Gasteiger partial charge is 0.374 e. The fourth-order valence-corrected chi connectivity index (χ4v) is 3.07. The molecule has 24 heavy (non-hydrogen) atoms. The van der Waals surface area contributed by atoms with Crippen LogP contribution in [0, 0.1) is 0 Å². The number of esters is 1. The van der Waals surface area contributed by atoms with E-state index in [2.05, 4.69) is 16.8 Å². The Hall–Kier alpha value is -2.74. The van der Waals surface area contributed by atoms with Gasteiger partial charge in [-0.15, -0.1) is 16.8 Å². The van der Waals surface area contributed by atoms with Crippen LogP contribution in [0.2, 0.25) is 0 Å². The molecular weight excluding hydrogens is 330 g/mol. The Kier molecular flexibility index (Phi) is 4.85. The molecule has 0 radical (unpaired) electrons.